The molecule has 0 amide bonds. The fourth-order valence-corrected chi connectivity index (χ4v) is 3.10. The molecule has 112 valence electrons. The molecule has 1 aliphatic carbocycles. The molecule has 3 nitrogen and oxygen atoms in total. The number of nitrogens with one attached hydrogen (secondary N) is 1. The highest BCUT2D eigenvalue weighted by Crippen LogP contribution is 2.41. The van der Waals surface area contributed by atoms with Gasteiger partial charge in [0.2, 0.25) is 0 Å². The lowest BCUT2D eigenvalue weighted by molar-refractivity contribution is 0.306. The summed E-state index contributed by atoms with van der Waals surface area (Å²) >= 11 is 0. The fraction of sp³-hybridized carbons (Fsp3) is 0.647. The third kappa shape index (κ3) is 3.38. The highest BCUT2D eigenvalue weighted by molar-refractivity contribution is 5.72. The first-order valence-corrected chi connectivity index (χ1v) is 7.96. The number of hydrogen-bond donors (Lipinski definition) is 2. The van der Waals surface area contributed by atoms with Crippen LogP contribution < -0.4 is 15.8 Å². The number of hydrogen-bond acceptors (Lipinski definition) is 3. The monoisotopic (exact) mass is 276 g/mol. The summed E-state index contributed by atoms with van der Waals surface area (Å²) < 4.78 is 5.68. The molecule has 0 atom stereocenters. The minimum absolute atomic E-state index is 0.465. The van der Waals surface area contributed by atoms with Crippen LogP contribution in [0.15, 0.2) is 18.2 Å². The fourth-order valence-electron chi connectivity index (χ4n) is 3.10. The molecule has 1 aromatic carbocycles. The van der Waals surface area contributed by atoms with Crippen molar-refractivity contribution in [1.29, 1.82) is 0 Å². The van der Waals surface area contributed by atoms with Gasteiger partial charge in [0.05, 0.1) is 18.0 Å². The number of ether oxygens (including phenoxy) is 1. The Morgan fingerprint density at radius 3 is 2.65 bits per heavy atom. The van der Waals surface area contributed by atoms with Crippen molar-refractivity contribution in [2.75, 3.05) is 24.2 Å². The molecule has 0 unspecified atom stereocenters. The molecule has 20 heavy (non-hydrogen) atoms. The van der Waals surface area contributed by atoms with Gasteiger partial charge in [-0.2, -0.15) is 0 Å². The molecule has 0 saturated heterocycles. The Kier molecular flexibility index (Phi) is 5.16. The van der Waals surface area contributed by atoms with Gasteiger partial charge in [-0.3, -0.25) is 0 Å². The van der Waals surface area contributed by atoms with Crippen LogP contribution >= 0.6 is 0 Å². The zero-order valence-corrected chi connectivity index (χ0v) is 12.9. The van der Waals surface area contributed by atoms with Crippen molar-refractivity contribution < 1.29 is 4.74 Å². The lowest BCUT2D eigenvalue weighted by Gasteiger charge is -2.28. The molecular formula is C17H28N2O. The predicted octanol–water partition coefficient (Wildman–Crippen LogP) is 4.44. The summed E-state index contributed by atoms with van der Waals surface area (Å²) in [5.41, 5.74) is 8.42. The van der Waals surface area contributed by atoms with E-state index >= 15 is 0 Å². The number of para-hydroxylation sites is 1. The van der Waals surface area contributed by atoms with Crippen molar-refractivity contribution in [2.24, 2.45) is 5.41 Å². The van der Waals surface area contributed by atoms with Gasteiger partial charge in [0, 0.05) is 6.54 Å². The zero-order valence-electron chi connectivity index (χ0n) is 12.9. The molecule has 1 aliphatic rings. The molecule has 1 fully saturated rings. The Morgan fingerprint density at radius 2 is 2.00 bits per heavy atom. The van der Waals surface area contributed by atoms with E-state index in [1.54, 1.807) is 0 Å². The summed E-state index contributed by atoms with van der Waals surface area (Å²) in [6.45, 7) is 6.14. The summed E-state index contributed by atoms with van der Waals surface area (Å²) in [6, 6.07) is 6.00. The van der Waals surface area contributed by atoms with E-state index in [-0.39, 0.29) is 0 Å². The maximum absolute atomic E-state index is 6.21. The van der Waals surface area contributed by atoms with Gasteiger partial charge in [0.15, 0.2) is 0 Å². The first-order chi connectivity index (χ1) is 9.71. The first-order valence-electron chi connectivity index (χ1n) is 7.96. The van der Waals surface area contributed by atoms with Crippen LogP contribution in [0.2, 0.25) is 0 Å². The molecule has 0 heterocycles. The van der Waals surface area contributed by atoms with Gasteiger partial charge >= 0.3 is 0 Å². The van der Waals surface area contributed by atoms with Gasteiger partial charge in [0.1, 0.15) is 5.75 Å². The van der Waals surface area contributed by atoms with Crippen LogP contribution in [-0.2, 0) is 0 Å². The molecule has 0 aromatic heterocycles. The summed E-state index contributed by atoms with van der Waals surface area (Å²) in [6.07, 6.45) is 7.64. The molecule has 0 radical (unpaired) electrons. The summed E-state index contributed by atoms with van der Waals surface area (Å²) in [5, 5.41) is 3.56. The second kappa shape index (κ2) is 6.87. The Morgan fingerprint density at radius 1 is 1.25 bits per heavy atom. The van der Waals surface area contributed by atoms with Gasteiger partial charge < -0.3 is 15.8 Å². The van der Waals surface area contributed by atoms with Crippen LogP contribution in [0.1, 0.15) is 52.4 Å². The lowest BCUT2D eigenvalue weighted by atomic mass is 9.83. The van der Waals surface area contributed by atoms with Crippen LogP contribution in [0.5, 0.6) is 5.75 Å². The van der Waals surface area contributed by atoms with Crippen molar-refractivity contribution in [3.8, 4) is 5.75 Å². The molecule has 1 aromatic rings. The minimum atomic E-state index is 0.465. The average Bonchev–Trinajstić information content (AvgIpc) is 2.94. The quantitative estimate of drug-likeness (QED) is 0.724. The summed E-state index contributed by atoms with van der Waals surface area (Å²) in [4.78, 5) is 0. The van der Waals surface area contributed by atoms with Crippen molar-refractivity contribution in [3.63, 3.8) is 0 Å². The zero-order chi connectivity index (χ0) is 14.4. The molecule has 0 bridgehead atoms. The van der Waals surface area contributed by atoms with Crippen molar-refractivity contribution >= 4 is 11.4 Å². The van der Waals surface area contributed by atoms with E-state index in [0.717, 1.165) is 30.1 Å². The van der Waals surface area contributed by atoms with Crippen LogP contribution in [0, 0.1) is 5.41 Å². The molecule has 3 N–H and O–H groups in total. The third-order valence-corrected chi connectivity index (χ3v) is 4.60. The molecular weight excluding hydrogens is 248 g/mol. The highest BCUT2D eigenvalue weighted by atomic mass is 16.5. The van der Waals surface area contributed by atoms with E-state index in [1.165, 1.54) is 32.1 Å². The van der Waals surface area contributed by atoms with Gasteiger partial charge in [-0.1, -0.05) is 32.8 Å². The van der Waals surface area contributed by atoms with Crippen LogP contribution in [0.25, 0.3) is 0 Å². The van der Waals surface area contributed by atoms with Gasteiger partial charge in [0.25, 0.3) is 0 Å². The van der Waals surface area contributed by atoms with Gasteiger partial charge in [-0.25, -0.2) is 0 Å². The van der Waals surface area contributed by atoms with Crippen LogP contribution in [-0.4, -0.2) is 13.2 Å². The van der Waals surface area contributed by atoms with Crippen molar-refractivity contribution in [2.45, 2.75) is 52.4 Å². The topological polar surface area (TPSA) is 47.3 Å². The average molecular weight is 276 g/mol. The summed E-state index contributed by atoms with van der Waals surface area (Å²) in [5.74, 6) is 0.800. The minimum Gasteiger partial charge on any atom is -0.491 e. The molecule has 1 saturated carbocycles. The SMILES string of the molecule is CCCOc1cccc(NCC2(CC)CCCC2)c1N. The Bertz CT molecular complexity index is 425. The van der Waals surface area contributed by atoms with E-state index in [0.29, 0.717) is 12.0 Å². The van der Waals surface area contributed by atoms with E-state index in [2.05, 4.69) is 19.2 Å². The van der Waals surface area contributed by atoms with Gasteiger partial charge in [-0.15, -0.1) is 0 Å². The van der Waals surface area contributed by atoms with E-state index in [9.17, 15) is 0 Å². The van der Waals surface area contributed by atoms with Crippen molar-refractivity contribution in [1.82, 2.24) is 0 Å². The lowest BCUT2D eigenvalue weighted by Crippen LogP contribution is -2.26. The maximum atomic E-state index is 6.21. The molecule has 2 rings (SSSR count). The van der Waals surface area contributed by atoms with E-state index < -0.39 is 0 Å². The number of benzene rings is 1. The van der Waals surface area contributed by atoms with Crippen LogP contribution in [0.4, 0.5) is 11.4 Å². The smallest absolute Gasteiger partial charge is 0.144 e. The maximum Gasteiger partial charge on any atom is 0.144 e. The Hall–Kier alpha value is -1.38. The standard InChI is InChI=1S/C17H28N2O/c1-3-12-20-15-9-7-8-14(16(15)18)19-13-17(4-2)10-5-6-11-17/h7-9,19H,3-6,10-13,18H2,1-2H3. The second-order valence-electron chi connectivity index (χ2n) is 5.98. The van der Waals surface area contributed by atoms with E-state index in [4.69, 9.17) is 10.5 Å². The second-order valence-corrected chi connectivity index (χ2v) is 5.98. The first kappa shape index (κ1) is 15.0. The number of nitrogen functional groups attached to an aromatic ring is 1. The predicted molar refractivity (Wildman–Crippen MR) is 86.3 cm³/mol. The highest BCUT2D eigenvalue weighted by Gasteiger charge is 2.31. The van der Waals surface area contributed by atoms with Crippen molar-refractivity contribution in [3.05, 3.63) is 18.2 Å². The number of rotatable bonds is 7. The summed E-state index contributed by atoms with van der Waals surface area (Å²) in [7, 11) is 0. The van der Waals surface area contributed by atoms with Gasteiger partial charge in [-0.05, 0) is 43.2 Å². The Labute approximate surface area is 122 Å². The van der Waals surface area contributed by atoms with Crippen LogP contribution in [0.3, 0.4) is 0 Å². The molecule has 3 heteroatoms. The Balaban J connectivity index is 2.02. The normalized spacial score (nSPS) is 17.1. The third-order valence-electron chi connectivity index (χ3n) is 4.60. The largest absolute Gasteiger partial charge is 0.491 e. The number of nitrogens with two attached hydrogens (primary N) is 1. The number of anilines is 2. The molecule has 0 spiro atoms. The molecule has 0 aliphatic heterocycles. The van der Waals surface area contributed by atoms with E-state index in [1.807, 2.05) is 18.2 Å².